The summed E-state index contributed by atoms with van der Waals surface area (Å²) >= 11 is 0. The number of aryl methyl sites for hydroxylation is 1. The van der Waals surface area contributed by atoms with Crippen LogP contribution in [-0.4, -0.2) is 21.5 Å². The number of unbranched alkanes of at least 4 members (excludes halogenated alkanes) is 1. The molecule has 2 unspecified atom stereocenters. The Kier molecular flexibility index (Phi) is 6.94. The lowest BCUT2D eigenvalue weighted by Crippen LogP contribution is -2.24. The number of rotatable bonds is 9. The summed E-state index contributed by atoms with van der Waals surface area (Å²) in [4.78, 5) is 1.65. The molecular formula is C14H28N4. The van der Waals surface area contributed by atoms with Gasteiger partial charge < -0.3 is 5.32 Å². The van der Waals surface area contributed by atoms with Crippen molar-refractivity contribution < 1.29 is 0 Å². The molecule has 0 fully saturated rings. The number of hydrogen-bond donors (Lipinski definition) is 1. The molecule has 1 heterocycles. The maximum atomic E-state index is 4.44. The number of hydrogen-bond acceptors (Lipinski definition) is 3. The van der Waals surface area contributed by atoms with Gasteiger partial charge in [0.1, 0.15) is 0 Å². The van der Waals surface area contributed by atoms with Crippen molar-refractivity contribution in [1.29, 1.82) is 0 Å². The largest absolute Gasteiger partial charge is 0.309 e. The summed E-state index contributed by atoms with van der Waals surface area (Å²) in [6, 6.07) is 0.352. The lowest BCUT2D eigenvalue weighted by molar-refractivity contribution is 0.352. The van der Waals surface area contributed by atoms with Crippen molar-refractivity contribution in [1.82, 2.24) is 20.3 Å². The highest BCUT2D eigenvalue weighted by atomic mass is 15.4. The van der Waals surface area contributed by atoms with Crippen molar-refractivity contribution in [2.45, 2.75) is 58.9 Å². The van der Waals surface area contributed by atoms with E-state index in [-0.39, 0.29) is 0 Å². The minimum Gasteiger partial charge on any atom is -0.309 e. The van der Waals surface area contributed by atoms with E-state index >= 15 is 0 Å². The van der Waals surface area contributed by atoms with Crippen molar-refractivity contribution in [3.63, 3.8) is 0 Å². The average molecular weight is 252 g/mol. The van der Waals surface area contributed by atoms with Gasteiger partial charge in [-0.1, -0.05) is 46.5 Å². The third kappa shape index (κ3) is 4.77. The monoisotopic (exact) mass is 252 g/mol. The van der Waals surface area contributed by atoms with E-state index in [0.29, 0.717) is 6.04 Å². The highest BCUT2D eigenvalue weighted by molar-refractivity contribution is 5.00. The van der Waals surface area contributed by atoms with Gasteiger partial charge in [-0.05, 0) is 18.9 Å². The summed E-state index contributed by atoms with van der Waals surface area (Å²) in [5.74, 6) is 0.788. The van der Waals surface area contributed by atoms with Crippen LogP contribution < -0.4 is 5.32 Å². The third-order valence-corrected chi connectivity index (χ3v) is 3.54. The molecule has 0 aliphatic heterocycles. The third-order valence-electron chi connectivity index (χ3n) is 3.54. The summed E-state index contributed by atoms with van der Waals surface area (Å²) in [5.41, 5.74) is 1.08. The molecule has 1 aromatic heterocycles. The van der Waals surface area contributed by atoms with Crippen molar-refractivity contribution in [2.75, 3.05) is 6.54 Å². The molecule has 0 saturated heterocycles. The van der Waals surface area contributed by atoms with Crippen LogP contribution in [0.3, 0.4) is 0 Å². The van der Waals surface area contributed by atoms with E-state index < -0.39 is 0 Å². The van der Waals surface area contributed by atoms with Gasteiger partial charge in [-0.2, -0.15) is 15.0 Å². The first-order valence-electron chi connectivity index (χ1n) is 7.30. The van der Waals surface area contributed by atoms with Gasteiger partial charge in [0.15, 0.2) is 0 Å². The lowest BCUT2D eigenvalue weighted by Gasteiger charge is -2.21. The fourth-order valence-corrected chi connectivity index (χ4v) is 2.39. The van der Waals surface area contributed by atoms with Crippen molar-refractivity contribution in [2.24, 2.45) is 13.0 Å². The topological polar surface area (TPSA) is 42.7 Å². The SMILES string of the molecule is CCCCC(CC)CC(NCC)c1cnn(C)n1. The van der Waals surface area contributed by atoms with E-state index in [9.17, 15) is 0 Å². The van der Waals surface area contributed by atoms with E-state index in [2.05, 4.69) is 36.3 Å². The zero-order chi connectivity index (χ0) is 13.4. The van der Waals surface area contributed by atoms with Gasteiger partial charge in [0.05, 0.1) is 17.9 Å². The van der Waals surface area contributed by atoms with E-state index in [1.54, 1.807) is 4.80 Å². The van der Waals surface area contributed by atoms with E-state index in [1.807, 2.05) is 13.2 Å². The van der Waals surface area contributed by atoms with Gasteiger partial charge in [0, 0.05) is 7.05 Å². The second-order valence-electron chi connectivity index (χ2n) is 5.02. The van der Waals surface area contributed by atoms with E-state index in [4.69, 9.17) is 0 Å². The van der Waals surface area contributed by atoms with Gasteiger partial charge >= 0.3 is 0 Å². The Bertz CT molecular complexity index is 321. The Balaban J connectivity index is 2.60. The molecule has 0 aliphatic carbocycles. The molecule has 0 bridgehead atoms. The molecule has 0 radical (unpaired) electrons. The molecule has 1 rings (SSSR count). The molecule has 2 atom stereocenters. The van der Waals surface area contributed by atoms with Gasteiger partial charge in [0.25, 0.3) is 0 Å². The zero-order valence-corrected chi connectivity index (χ0v) is 12.3. The highest BCUT2D eigenvalue weighted by Crippen LogP contribution is 2.25. The lowest BCUT2D eigenvalue weighted by atomic mass is 9.91. The molecule has 0 saturated carbocycles. The second kappa shape index (κ2) is 8.25. The predicted molar refractivity (Wildman–Crippen MR) is 75.3 cm³/mol. The van der Waals surface area contributed by atoms with Crippen LogP contribution in [0.2, 0.25) is 0 Å². The minimum atomic E-state index is 0.352. The summed E-state index contributed by atoms with van der Waals surface area (Å²) in [6.07, 6.45) is 8.26. The highest BCUT2D eigenvalue weighted by Gasteiger charge is 2.18. The molecule has 18 heavy (non-hydrogen) atoms. The van der Waals surface area contributed by atoms with Crippen molar-refractivity contribution in [3.8, 4) is 0 Å². The molecular weight excluding hydrogens is 224 g/mol. The first-order valence-corrected chi connectivity index (χ1v) is 7.30. The van der Waals surface area contributed by atoms with Crippen LogP contribution in [0.4, 0.5) is 0 Å². The average Bonchev–Trinajstić information content (AvgIpc) is 2.80. The molecule has 104 valence electrons. The first-order chi connectivity index (χ1) is 8.71. The van der Waals surface area contributed by atoms with Crippen LogP contribution in [0.25, 0.3) is 0 Å². The molecule has 0 spiro atoms. The van der Waals surface area contributed by atoms with Crippen LogP contribution >= 0.6 is 0 Å². The number of aromatic nitrogens is 3. The fraction of sp³-hybridized carbons (Fsp3) is 0.857. The smallest absolute Gasteiger partial charge is 0.0996 e. The molecule has 1 aromatic rings. The Hall–Kier alpha value is -0.900. The maximum absolute atomic E-state index is 4.44. The Morgan fingerprint density at radius 2 is 2.11 bits per heavy atom. The minimum absolute atomic E-state index is 0.352. The van der Waals surface area contributed by atoms with Crippen molar-refractivity contribution in [3.05, 3.63) is 11.9 Å². The van der Waals surface area contributed by atoms with E-state index in [1.165, 1.54) is 32.1 Å². The second-order valence-corrected chi connectivity index (χ2v) is 5.02. The number of nitrogens with zero attached hydrogens (tertiary/aromatic N) is 3. The summed E-state index contributed by atoms with van der Waals surface area (Å²) in [5, 5.41) is 12.2. The molecule has 0 amide bonds. The first kappa shape index (κ1) is 15.2. The Morgan fingerprint density at radius 3 is 2.61 bits per heavy atom. The summed E-state index contributed by atoms with van der Waals surface area (Å²) in [7, 11) is 1.88. The fourth-order valence-electron chi connectivity index (χ4n) is 2.39. The molecule has 1 N–H and O–H groups in total. The molecule has 4 heteroatoms. The van der Waals surface area contributed by atoms with Crippen molar-refractivity contribution >= 4 is 0 Å². The Morgan fingerprint density at radius 1 is 1.33 bits per heavy atom. The quantitative estimate of drug-likeness (QED) is 0.734. The van der Waals surface area contributed by atoms with Gasteiger partial charge in [-0.25, -0.2) is 0 Å². The normalized spacial score (nSPS) is 14.7. The van der Waals surface area contributed by atoms with Crippen LogP contribution in [-0.2, 0) is 7.05 Å². The Labute approximate surface area is 111 Å². The molecule has 0 aliphatic rings. The number of nitrogens with one attached hydrogen (secondary N) is 1. The maximum Gasteiger partial charge on any atom is 0.0996 e. The van der Waals surface area contributed by atoms with Crippen LogP contribution in [0.15, 0.2) is 6.20 Å². The molecule has 0 aromatic carbocycles. The van der Waals surface area contributed by atoms with Crippen LogP contribution in [0.5, 0.6) is 0 Å². The van der Waals surface area contributed by atoms with Gasteiger partial charge in [-0.15, -0.1) is 0 Å². The zero-order valence-electron chi connectivity index (χ0n) is 12.3. The molecule has 4 nitrogen and oxygen atoms in total. The predicted octanol–water partition coefficient (Wildman–Crippen LogP) is 3.07. The van der Waals surface area contributed by atoms with Crippen LogP contribution in [0, 0.1) is 5.92 Å². The van der Waals surface area contributed by atoms with E-state index in [0.717, 1.165) is 18.2 Å². The van der Waals surface area contributed by atoms with Gasteiger partial charge in [-0.3, -0.25) is 0 Å². The standard InChI is InChI=1S/C14H28N4/c1-5-8-9-12(6-2)10-13(15-7-3)14-11-16-18(4)17-14/h11-13,15H,5-10H2,1-4H3. The van der Waals surface area contributed by atoms with Gasteiger partial charge in [0.2, 0.25) is 0 Å². The summed E-state index contributed by atoms with van der Waals surface area (Å²) < 4.78 is 0. The van der Waals surface area contributed by atoms with Crippen LogP contribution in [0.1, 0.15) is 64.6 Å². The summed E-state index contributed by atoms with van der Waals surface area (Å²) in [6.45, 7) is 7.68.